The first-order valence-electron chi connectivity index (χ1n) is 4.54. The van der Waals surface area contributed by atoms with Crippen molar-refractivity contribution in [2.75, 3.05) is 0 Å². The van der Waals surface area contributed by atoms with E-state index >= 15 is 0 Å². The number of hydrogen-bond acceptors (Lipinski definition) is 3. The second kappa shape index (κ2) is 4.06. The molecule has 0 aliphatic carbocycles. The fourth-order valence-electron chi connectivity index (χ4n) is 1.30. The van der Waals surface area contributed by atoms with Crippen LogP contribution in [0.2, 0.25) is 0 Å². The van der Waals surface area contributed by atoms with Crippen molar-refractivity contribution in [3.8, 4) is 0 Å². The highest BCUT2D eigenvalue weighted by atomic mass is 16.3. The van der Waals surface area contributed by atoms with Crippen molar-refractivity contribution >= 4 is 5.78 Å². The number of aliphatic hydroxyl groups is 1. The molecule has 0 amide bonds. The maximum absolute atomic E-state index is 11.7. The molecule has 1 aromatic carbocycles. The zero-order chi connectivity index (χ0) is 10.7. The lowest BCUT2D eigenvalue weighted by Gasteiger charge is -2.10. The van der Waals surface area contributed by atoms with Gasteiger partial charge in [0, 0.05) is 18.0 Å². The quantitative estimate of drug-likeness (QED) is 0.762. The first-order chi connectivity index (χ1) is 7.29. The Kier molecular flexibility index (Phi) is 2.60. The van der Waals surface area contributed by atoms with Crippen LogP contribution in [0, 0.1) is 0 Å². The van der Waals surface area contributed by atoms with Crippen molar-refractivity contribution in [1.29, 1.82) is 0 Å². The summed E-state index contributed by atoms with van der Waals surface area (Å²) < 4.78 is 1.36. The van der Waals surface area contributed by atoms with Crippen molar-refractivity contribution in [2.45, 2.75) is 6.23 Å². The van der Waals surface area contributed by atoms with Crippen molar-refractivity contribution in [2.24, 2.45) is 0 Å². The van der Waals surface area contributed by atoms with Crippen LogP contribution < -0.4 is 0 Å². The van der Waals surface area contributed by atoms with Crippen molar-refractivity contribution in [3.63, 3.8) is 0 Å². The number of rotatable bonds is 3. The van der Waals surface area contributed by atoms with Crippen LogP contribution in [-0.2, 0) is 0 Å². The average Bonchev–Trinajstić information content (AvgIpc) is 2.82. The molecule has 76 valence electrons. The molecule has 0 fully saturated rings. The van der Waals surface area contributed by atoms with E-state index in [1.54, 1.807) is 30.5 Å². The molecule has 0 radical (unpaired) electrons. The summed E-state index contributed by atoms with van der Waals surface area (Å²) in [5, 5.41) is 9.70. The molecular formula is C11H10N2O2. The minimum absolute atomic E-state index is 0.339. The first-order valence-corrected chi connectivity index (χ1v) is 4.54. The number of nitrogens with zero attached hydrogens (tertiary/aromatic N) is 2. The molecule has 1 aromatic heterocycles. The number of ketones is 1. The second-order valence-electron chi connectivity index (χ2n) is 3.11. The summed E-state index contributed by atoms with van der Waals surface area (Å²) in [5.74, 6) is -0.339. The molecule has 0 aliphatic rings. The molecule has 15 heavy (non-hydrogen) atoms. The zero-order valence-electron chi connectivity index (χ0n) is 7.95. The van der Waals surface area contributed by atoms with Crippen LogP contribution in [0.25, 0.3) is 0 Å². The molecule has 1 atom stereocenters. The van der Waals surface area contributed by atoms with Gasteiger partial charge >= 0.3 is 0 Å². The SMILES string of the molecule is O=C(c1ccccc1)C(O)n1ccnc1. The van der Waals surface area contributed by atoms with Crippen molar-refractivity contribution < 1.29 is 9.90 Å². The topological polar surface area (TPSA) is 55.1 Å². The van der Waals surface area contributed by atoms with Gasteiger partial charge in [-0.2, -0.15) is 0 Å². The third kappa shape index (κ3) is 1.94. The van der Waals surface area contributed by atoms with Crippen LogP contribution in [0.5, 0.6) is 0 Å². The number of aromatic nitrogens is 2. The molecule has 0 bridgehead atoms. The number of carbonyl (C=O) groups is 1. The predicted molar refractivity (Wildman–Crippen MR) is 54.3 cm³/mol. The lowest BCUT2D eigenvalue weighted by Crippen LogP contribution is -2.17. The van der Waals surface area contributed by atoms with E-state index in [0.717, 1.165) is 0 Å². The molecule has 0 saturated carbocycles. The smallest absolute Gasteiger partial charge is 0.212 e. The lowest BCUT2D eigenvalue weighted by atomic mass is 10.1. The summed E-state index contributed by atoms with van der Waals surface area (Å²) in [7, 11) is 0. The van der Waals surface area contributed by atoms with E-state index in [1.165, 1.54) is 17.1 Å². The van der Waals surface area contributed by atoms with Gasteiger partial charge in [0.25, 0.3) is 0 Å². The Balaban J connectivity index is 2.23. The van der Waals surface area contributed by atoms with Gasteiger partial charge in [-0.05, 0) is 0 Å². The summed E-state index contributed by atoms with van der Waals surface area (Å²) in [6, 6.07) is 8.67. The molecule has 1 heterocycles. The van der Waals surface area contributed by atoms with Crippen LogP contribution in [-0.4, -0.2) is 20.4 Å². The number of hydrogen-bond donors (Lipinski definition) is 1. The van der Waals surface area contributed by atoms with Crippen LogP contribution in [0.15, 0.2) is 49.1 Å². The largest absolute Gasteiger partial charge is 0.366 e. The molecule has 4 nitrogen and oxygen atoms in total. The number of carbonyl (C=O) groups excluding carboxylic acids is 1. The molecular weight excluding hydrogens is 192 g/mol. The number of benzene rings is 1. The minimum atomic E-state index is -1.20. The maximum Gasteiger partial charge on any atom is 0.212 e. The van der Waals surface area contributed by atoms with E-state index < -0.39 is 6.23 Å². The Morgan fingerprint density at radius 3 is 2.67 bits per heavy atom. The summed E-state index contributed by atoms with van der Waals surface area (Å²) >= 11 is 0. The van der Waals surface area contributed by atoms with Gasteiger partial charge in [-0.15, -0.1) is 0 Å². The van der Waals surface area contributed by atoms with E-state index in [2.05, 4.69) is 4.98 Å². The van der Waals surface area contributed by atoms with E-state index in [0.29, 0.717) is 5.56 Å². The third-order valence-electron chi connectivity index (χ3n) is 2.10. The van der Waals surface area contributed by atoms with Gasteiger partial charge in [-0.3, -0.25) is 4.79 Å². The van der Waals surface area contributed by atoms with Gasteiger partial charge < -0.3 is 9.67 Å². The summed E-state index contributed by atoms with van der Waals surface area (Å²) in [6.07, 6.45) is 3.27. The fourth-order valence-corrected chi connectivity index (χ4v) is 1.30. The Morgan fingerprint density at radius 1 is 1.33 bits per heavy atom. The van der Waals surface area contributed by atoms with Gasteiger partial charge in [0.2, 0.25) is 5.78 Å². The van der Waals surface area contributed by atoms with Gasteiger partial charge in [-0.1, -0.05) is 30.3 Å². The van der Waals surface area contributed by atoms with Crippen LogP contribution >= 0.6 is 0 Å². The Labute approximate surface area is 86.8 Å². The van der Waals surface area contributed by atoms with E-state index in [9.17, 15) is 9.90 Å². The van der Waals surface area contributed by atoms with Gasteiger partial charge in [0.05, 0.1) is 6.33 Å². The van der Waals surface area contributed by atoms with Crippen LogP contribution in [0.3, 0.4) is 0 Å². The Morgan fingerprint density at radius 2 is 2.07 bits per heavy atom. The lowest BCUT2D eigenvalue weighted by molar-refractivity contribution is 0.0574. The highest BCUT2D eigenvalue weighted by Crippen LogP contribution is 2.10. The molecule has 1 N–H and O–H groups in total. The van der Waals surface area contributed by atoms with E-state index in [-0.39, 0.29) is 5.78 Å². The zero-order valence-corrected chi connectivity index (χ0v) is 7.95. The fraction of sp³-hybridized carbons (Fsp3) is 0.0909. The number of aliphatic hydroxyl groups excluding tert-OH is 1. The highest BCUT2D eigenvalue weighted by Gasteiger charge is 2.17. The maximum atomic E-state index is 11.7. The molecule has 0 spiro atoms. The minimum Gasteiger partial charge on any atom is -0.366 e. The van der Waals surface area contributed by atoms with Crippen LogP contribution in [0.4, 0.5) is 0 Å². The summed E-state index contributed by atoms with van der Waals surface area (Å²) in [5.41, 5.74) is 0.485. The summed E-state index contributed by atoms with van der Waals surface area (Å²) in [4.78, 5) is 15.5. The Bertz CT molecular complexity index is 437. The first kappa shape index (κ1) is 9.61. The highest BCUT2D eigenvalue weighted by molar-refractivity contribution is 5.97. The Hall–Kier alpha value is -1.94. The predicted octanol–water partition coefficient (Wildman–Crippen LogP) is 1.26. The average molecular weight is 202 g/mol. The van der Waals surface area contributed by atoms with E-state index in [1.807, 2.05) is 6.07 Å². The van der Waals surface area contributed by atoms with Crippen LogP contribution in [0.1, 0.15) is 16.6 Å². The van der Waals surface area contributed by atoms with E-state index in [4.69, 9.17) is 0 Å². The molecule has 0 aliphatic heterocycles. The van der Waals surface area contributed by atoms with Gasteiger partial charge in [-0.25, -0.2) is 4.98 Å². The standard InChI is InChI=1S/C11H10N2O2/c14-10(9-4-2-1-3-5-9)11(15)13-7-6-12-8-13/h1-8,11,15H. The van der Waals surface area contributed by atoms with Gasteiger partial charge in [0.15, 0.2) is 6.23 Å². The molecule has 2 rings (SSSR count). The molecule has 0 saturated heterocycles. The molecule has 1 unspecified atom stereocenters. The second-order valence-corrected chi connectivity index (χ2v) is 3.11. The van der Waals surface area contributed by atoms with Crippen molar-refractivity contribution in [3.05, 3.63) is 54.6 Å². The summed E-state index contributed by atoms with van der Waals surface area (Å²) in [6.45, 7) is 0. The normalized spacial score (nSPS) is 12.3. The number of imidazole rings is 1. The molecule has 4 heteroatoms. The monoisotopic (exact) mass is 202 g/mol. The molecule has 2 aromatic rings. The van der Waals surface area contributed by atoms with Crippen molar-refractivity contribution in [1.82, 2.24) is 9.55 Å². The number of Topliss-reactive ketones (excluding diaryl/α,β-unsaturated/α-hetero) is 1. The van der Waals surface area contributed by atoms with Gasteiger partial charge in [0.1, 0.15) is 0 Å². The third-order valence-corrected chi connectivity index (χ3v) is 2.10.